The van der Waals surface area contributed by atoms with Crippen LogP contribution >= 0.6 is 35.6 Å². The van der Waals surface area contributed by atoms with Crippen molar-refractivity contribution in [1.82, 2.24) is 4.98 Å². The fraction of sp³-hybridized carbons (Fsp3) is 0.455. The Morgan fingerprint density at radius 3 is 2.44 bits per heavy atom. The van der Waals surface area contributed by atoms with E-state index in [1.807, 2.05) is 0 Å². The van der Waals surface area contributed by atoms with Crippen LogP contribution in [0.3, 0.4) is 0 Å². The van der Waals surface area contributed by atoms with E-state index in [1.54, 1.807) is 26.0 Å². The quantitative estimate of drug-likeness (QED) is 0.688. The van der Waals surface area contributed by atoms with E-state index in [2.05, 4.69) is 4.98 Å². The van der Waals surface area contributed by atoms with Crippen LogP contribution < -0.4 is 5.73 Å². The molecule has 1 heterocycles. The van der Waals surface area contributed by atoms with Gasteiger partial charge in [0.15, 0.2) is 0 Å². The number of methoxy groups -OCH3 is 1. The molecule has 18 heavy (non-hydrogen) atoms. The van der Waals surface area contributed by atoms with E-state index in [1.165, 1.54) is 7.11 Å². The third kappa shape index (κ3) is 3.48. The average molecular weight is 314 g/mol. The van der Waals surface area contributed by atoms with Crippen molar-refractivity contribution in [2.24, 2.45) is 11.1 Å². The van der Waals surface area contributed by atoms with Crippen molar-refractivity contribution in [2.45, 2.75) is 19.9 Å². The van der Waals surface area contributed by atoms with Crippen LogP contribution in [0, 0.1) is 5.41 Å². The van der Waals surface area contributed by atoms with Gasteiger partial charge in [-0.25, -0.2) is 4.98 Å². The van der Waals surface area contributed by atoms with Crippen LogP contribution in [0.5, 0.6) is 0 Å². The van der Waals surface area contributed by atoms with Crippen LogP contribution in [0.2, 0.25) is 10.3 Å². The summed E-state index contributed by atoms with van der Waals surface area (Å²) < 4.78 is 4.71. The first-order valence-corrected chi connectivity index (χ1v) is 5.72. The average Bonchev–Trinajstić information content (AvgIpc) is 2.27. The molecule has 1 rings (SSSR count). The number of hydrogen-bond donors (Lipinski definition) is 1. The van der Waals surface area contributed by atoms with E-state index in [-0.39, 0.29) is 22.7 Å². The predicted octanol–water partition coefficient (Wildman–Crippen LogP) is 3.01. The molecule has 1 aromatic rings. The normalized spacial score (nSPS) is 12.6. The molecule has 0 bridgehead atoms. The highest BCUT2D eigenvalue weighted by Gasteiger charge is 2.37. The maximum atomic E-state index is 11.6. The Bertz CT molecular complexity index is 438. The van der Waals surface area contributed by atoms with E-state index in [4.69, 9.17) is 33.7 Å². The van der Waals surface area contributed by atoms with Gasteiger partial charge in [-0.1, -0.05) is 29.3 Å². The number of rotatable bonds is 3. The SMILES string of the molecule is COC(=O)C(C)(C)[C@@H](N)c1ccc(Cl)nc1Cl.Cl. The Hall–Kier alpha value is -0.550. The number of aromatic nitrogens is 1. The van der Waals surface area contributed by atoms with E-state index >= 15 is 0 Å². The van der Waals surface area contributed by atoms with Crippen molar-refractivity contribution in [1.29, 1.82) is 0 Å². The van der Waals surface area contributed by atoms with Gasteiger partial charge in [-0.15, -0.1) is 12.4 Å². The first-order valence-electron chi connectivity index (χ1n) is 4.96. The first kappa shape index (κ1) is 17.4. The number of hydrogen-bond acceptors (Lipinski definition) is 4. The highest BCUT2D eigenvalue weighted by atomic mass is 35.5. The number of carbonyl (C=O) groups excluding carboxylic acids is 1. The Kier molecular flexibility index (Phi) is 6.37. The van der Waals surface area contributed by atoms with Gasteiger partial charge in [0.1, 0.15) is 10.3 Å². The highest BCUT2D eigenvalue weighted by Crippen LogP contribution is 2.35. The molecule has 0 saturated carbocycles. The van der Waals surface area contributed by atoms with Gasteiger partial charge in [-0.05, 0) is 19.9 Å². The minimum Gasteiger partial charge on any atom is -0.469 e. The summed E-state index contributed by atoms with van der Waals surface area (Å²) in [6.45, 7) is 3.38. The molecule has 1 atom stereocenters. The monoisotopic (exact) mass is 312 g/mol. The number of ether oxygens (including phenoxy) is 1. The molecule has 0 aliphatic carbocycles. The molecule has 2 N–H and O–H groups in total. The second-order valence-corrected chi connectivity index (χ2v) is 4.95. The standard InChI is InChI=1S/C11H14Cl2N2O2.ClH/c1-11(2,10(16)17-3)8(14)6-4-5-7(12)15-9(6)13;/h4-5,8H,14H2,1-3H3;1H/t8-;/m0./s1. The zero-order chi connectivity index (χ0) is 13.2. The maximum absolute atomic E-state index is 11.6. The van der Waals surface area contributed by atoms with Crippen LogP contribution in [-0.2, 0) is 9.53 Å². The third-order valence-electron chi connectivity index (χ3n) is 2.67. The van der Waals surface area contributed by atoms with Crippen LogP contribution in [-0.4, -0.2) is 18.1 Å². The summed E-state index contributed by atoms with van der Waals surface area (Å²) in [6, 6.07) is 2.62. The van der Waals surface area contributed by atoms with Crippen LogP contribution in [0.15, 0.2) is 12.1 Å². The van der Waals surface area contributed by atoms with E-state index in [9.17, 15) is 4.79 Å². The highest BCUT2D eigenvalue weighted by molar-refractivity contribution is 6.32. The molecule has 0 spiro atoms. The summed E-state index contributed by atoms with van der Waals surface area (Å²) in [4.78, 5) is 15.5. The summed E-state index contributed by atoms with van der Waals surface area (Å²) in [5.41, 5.74) is 5.70. The van der Waals surface area contributed by atoms with Gasteiger partial charge in [0.2, 0.25) is 0 Å². The van der Waals surface area contributed by atoms with Gasteiger partial charge in [0, 0.05) is 11.6 Å². The van der Waals surface area contributed by atoms with Gasteiger partial charge in [0.25, 0.3) is 0 Å². The smallest absolute Gasteiger partial charge is 0.313 e. The number of halogens is 3. The molecule has 0 aromatic carbocycles. The Labute approximate surface area is 122 Å². The Balaban J connectivity index is 0.00000289. The van der Waals surface area contributed by atoms with E-state index in [0.717, 1.165) is 0 Å². The number of pyridine rings is 1. The lowest BCUT2D eigenvalue weighted by Gasteiger charge is -2.29. The number of esters is 1. The maximum Gasteiger partial charge on any atom is 0.313 e. The fourth-order valence-electron chi connectivity index (χ4n) is 1.43. The van der Waals surface area contributed by atoms with Crippen LogP contribution in [0.1, 0.15) is 25.5 Å². The van der Waals surface area contributed by atoms with Gasteiger partial charge < -0.3 is 10.5 Å². The third-order valence-corrected chi connectivity index (χ3v) is 3.18. The fourth-order valence-corrected chi connectivity index (χ4v) is 1.90. The molecule has 0 fully saturated rings. The summed E-state index contributed by atoms with van der Waals surface area (Å²) in [7, 11) is 1.32. The minimum absolute atomic E-state index is 0. The van der Waals surface area contributed by atoms with Crippen LogP contribution in [0.25, 0.3) is 0 Å². The predicted molar refractivity (Wildman–Crippen MR) is 74.2 cm³/mol. The molecule has 0 aliphatic heterocycles. The minimum atomic E-state index is -0.895. The van der Waals surface area contributed by atoms with Crippen LogP contribution in [0.4, 0.5) is 0 Å². The molecule has 0 unspecified atom stereocenters. The summed E-state index contributed by atoms with van der Waals surface area (Å²) >= 11 is 11.6. The molecule has 7 heteroatoms. The van der Waals surface area contributed by atoms with Crippen molar-refractivity contribution < 1.29 is 9.53 Å². The largest absolute Gasteiger partial charge is 0.469 e. The van der Waals surface area contributed by atoms with E-state index < -0.39 is 17.4 Å². The number of nitrogens with two attached hydrogens (primary N) is 1. The second kappa shape index (κ2) is 6.57. The molecular formula is C11H15Cl3N2O2. The molecule has 0 amide bonds. The summed E-state index contributed by atoms with van der Waals surface area (Å²) in [6.07, 6.45) is 0. The topological polar surface area (TPSA) is 65.2 Å². The molecule has 4 nitrogen and oxygen atoms in total. The lowest BCUT2D eigenvalue weighted by atomic mass is 9.81. The lowest BCUT2D eigenvalue weighted by molar-refractivity contribution is -0.152. The first-order chi connectivity index (χ1) is 7.80. The number of carbonyl (C=O) groups is 1. The van der Waals surface area contributed by atoms with E-state index in [0.29, 0.717) is 5.56 Å². The van der Waals surface area contributed by atoms with Gasteiger partial charge in [-0.3, -0.25) is 4.79 Å². The zero-order valence-electron chi connectivity index (χ0n) is 10.2. The molecular weight excluding hydrogens is 298 g/mol. The molecule has 102 valence electrons. The summed E-state index contributed by atoms with van der Waals surface area (Å²) in [5, 5.41) is 0.476. The van der Waals surface area contributed by atoms with Gasteiger partial charge in [-0.2, -0.15) is 0 Å². The van der Waals surface area contributed by atoms with Crippen molar-refractivity contribution >= 4 is 41.6 Å². The number of nitrogens with zero attached hydrogens (tertiary/aromatic N) is 1. The molecule has 0 aliphatic rings. The Morgan fingerprint density at radius 1 is 1.44 bits per heavy atom. The second-order valence-electron chi connectivity index (χ2n) is 4.20. The lowest BCUT2D eigenvalue weighted by Crippen LogP contribution is -2.37. The molecule has 0 saturated heterocycles. The van der Waals surface area contributed by atoms with Crippen molar-refractivity contribution in [3.63, 3.8) is 0 Å². The van der Waals surface area contributed by atoms with Gasteiger partial charge >= 0.3 is 5.97 Å². The Morgan fingerprint density at radius 2 is 2.00 bits per heavy atom. The van der Waals surface area contributed by atoms with Gasteiger partial charge in [0.05, 0.1) is 12.5 Å². The van der Waals surface area contributed by atoms with Crippen molar-refractivity contribution in [2.75, 3.05) is 7.11 Å². The van der Waals surface area contributed by atoms with Crippen molar-refractivity contribution in [3.05, 3.63) is 28.0 Å². The zero-order valence-corrected chi connectivity index (χ0v) is 12.6. The molecule has 1 aromatic heterocycles. The molecule has 0 radical (unpaired) electrons. The van der Waals surface area contributed by atoms with Crippen molar-refractivity contribution in [3.8, 4) is 0 Å². The summed E-state index contributed by atoms with van der Waals surface area (Å²) in [5.74, 6) is -0.406.